The van der Waals surface area contributed by atoms with Gasteiger partial charge in [-0.15, -0.1) is 0 Å². The van der Waals surface area contributed by atoms with Gasteiger partial charge in [0.25, 0.3) is 5.91 Å². The third-order valence-corrected chi connectivity index (χ3v) is 5.01. The topological polar surface area (TPSA) is 79.6 Å². The molecule has 1 aliphatic rings. The van der Waals surface area contributed by atoms with Gasteiger partial charge in [-0.3, -0.25) is 9.59 Å². The third-order valence-electron chi connectivity index (χ3n) is 5.01. The lowest BCUT2D eigenvalue weighted by Gasteiger charge is -2.24. The standard InChI is InChI=1S/C21H24N2O4/c1-13-11-17(14-8-6-9-14)27-21(26)19(13)20(25)22-16-10-5-4-7-15(16)12-18(24)23(2)3/h4-5,7,10-11,14H,6,8-9,12H2,1-3H3,(H,22,25). The van der Waals surface area contributed by atoms with Crippen LogP contribution in [-0.2, 0) is 11.2 Å². The van der Waals surface area contributed by atoms with Crippen LogP contribution in [0.2, 0.25) is 0 Å². The van der Waals surface area contributed by atoms with E-state index in [-0.39, 0.29) is 23.8 Å². The lowest BCUT2D eigenvalue weighted by Crippen LogP contribution is -2.26. The highest BCUT2D eigenvalue weighted by Crippen LogP contribution is 2.36. The van der Waals surface area contributed by atoms with Crippen LogP contribution in [0.1, 0.15) is 52.4 Å². The van der Waals surface area contributed by atoms with Crippen LogP contribution in [0.5, 0.6) is 0 Å². The summed E-state index contributed by atoms with van der Waals surface area (Å²) in [5, 5.41) is 2.76. The molecule has 1 N–H and O–H groups in total. The Morgan fingerprint density at radius 1 is 1.22 bits per heavy atom. The summed E-state index contributed by atoms with van der Waals surface area (Å²) in [5.74, 6) is 0.354. The molecule has 6 heteroatoms. The minimum absolute atomic E-state index is 0.00631. The Labute approximate surface area is 158 Å². The Hall–Kier alpha value is -2.89. The zero-order chi connectivity index (χ0) is 19.6. The molecular weight excluding hydrogens is 344 g/mol. The van der Waals surface area contributed by atoms with Gasteiger partial charge in [-0.2, -0.15) is 0 Å². The number of hydrogen-bond acceptors (Lipinski definition) is 4. The highest BCUT2D eigenvalue weighted by atomic mass is 16.4. The van der Waals surface area contributed by atoms with E-state index in [1.165, 1.54) is 4.90 Å². The molecule has 1 aromatic carbocycles. The molecule has 0 saturated heterocycles. The van der Waals surface area contributed by atoms with Gasteiger partial charge in [0, 0.05) is 25.7 Å². The molecule has 0 radical (unpaired) electrons. The summed E-state index contributed by atoms with van der Waals surface area (Å²) < 4.78 is 5.40. The van der Waals surface area contributed by atoms with Crippen LogP contribution >= 0.6 is 0 Å². The van der Waals surface area contributed by atoms with E-state index in [2.05, 4.69) is 5.32 Å². The SMILES string of the molecule is Cc1cc(C2CCC2)oc(=O)c1C(=O)Nc1ccccc1CC(=O)N(C)C. The average Bonchev–Trinajstić information content (AvgIpc) is 2.54. The van der Waals surface area contributed by atoms with Crippen molar-refractivity contribution in [3.8, 4) is 0 Å². The molecule has 0 aliphatic heterocycles. The molecule has 0 unspecified atom stereocenters. The van der Waals surface area contributed by atoms with Crippen LogP contribution < -0.4 is 10.9 Å². The highest BCUT2D eigenvalue weighted by molar-refractivity contribution is 6.05. The van der Waals surface area contributed by atoms with Crippen molar-refractivity contribution in [3.63, 3.8) is 0 Å². The molecule has 2 aromatic rings. The smallest absolute Gasteiger partial charge is 0.349 e. The van der Waals surface area contributed by atoms with Gasteiger partial charge in [0.15, 0.2) is 0 Å². The number of carbonyl (C=O) groups is 2. The minimum Gasteiger partial charge on any atom is -0.427 e. The van der Waals surface area contributed by atoms with Gasteiger partial charge in [-0.25, -0.2) is 4.79 Å². The second-order valence-corrected chi connectivity index (χ2v) is 7.20. The lowest BCUT2D eigenvalue weighted by atomic mass is 9.83. The maximum atomic E-state index is 12.7. The first-order valence-electron chi connectivity index (χ1n) is 9.11. The zero-order valence-corrected chi connectivity index (χ0v) is 15.9. The van der Waals surface area contributed by atoms with Crippen molar-refractivity contribution >= 4 is 17.5 Å². The molecule has 1 aliphatic carbocycles. The van der Waals surface area contributed by atoms with E-state index >= 15 is 0 Å². The number of hydrogen-bond donors (Lipinski definition) is 1. The van der Waals surface area contributed by atoms with E-state index in [1.807, 2.05) is 0 Å². The molecule has 0 atom stereocenters. The fourth-order valence-electron chi connectivity index (χ4n) is 3.10. The molecule has 0 spiro atoms. The molecule has 1 saturated carbocycles. The van der Waals surface area contributed by atoms with Gasteiger partial charge in [0.05, 0.1) is 6.42 Å². The normalized spacial score (nSPS) is 13.7. The molecule has 1 fully saturated rings. The first-order valence-corrected chi connectivity index (χ1v) is 9.11. The number of amides is 2. The molecular formula is C21H24N2O4. The Bertz CT molecular complexity index is 926. The zero-order valence-electron chi connectivity index (χ0n) is 15.9. The van der Waals surface area contributed by atoms with Gasteiger partial charge < -0.3 is 14.6 Å². The van der Waals surface area contributed by atoms with Crippen LogP contribution in [-0.4, -0.2) is 30.8 Å². The molecule has 27 heavy (non-hydrogen) atoms. The van der Waals surface area contributed by atoms with E-state index in [9.17, 15) is 14.4 Å². The van der Waals surface area contributed by atoms with Crippen molar-refractivity contribution in [1.82, 2.24) is 4.90 Å². The second kappa shape index (κ2) is 7.78. The Balaban J connectivity index is 1.84. The van der Waals surface area contributed by atoms with Crippen molar-refractivity contribution in [2.45, 2.75) is 38.5 Å². The summed E-state index contributed by atoms with van der Waals surface area (Å²) in [6.45, 7) is 1.75. The number of aryl methyl sites for hydroxylation is 1. The summed E-state index contributed by atoms with van der Waals surface area (Å²) in [5.41, 5.74) is 1.20. The summed E-state index contributed by atoms with van der Waals surface area (Å²) in [6.07, 6.45) is 3.33. The number of nitrogens with one attached hydrogen (secondary N) is 1. The van der Waals surface area contributed by atoms with Gasteiger partial charge in [-0.05, 0) is 43.0 Å². The number of likely N-dealkylation sites (N-methyl/N-ethyl adjacent to an activating group) is 1. The van der Waals surface area contributed by atoms with Gasteiger partial charge in [0.2, 0.25) is 5.91 Å². The molecule has 6 nitrogen and oxygen atoms in total. The van der Waals surface area contributed by atoms with E-state index in [0.29, 0.717) is 22.6 Å². The van der Waals surface area contributed by atoms with Crippen molar-refractivity contribution in [1.29, 1.82) is 0 Å². The number of para-hydroxylation sites is 1. The Morgan fingerprint density at radius 2 is 1.93 bits per heavy atom. The van der Waals surface area contributed by atoms with Crippen molar-refractivity contribution in [2.24, 2.45) is 0 Å². The van der Waals surface area contributed by atoms with Crippen molar-refractivity contribution < 1.29 is 14.0 Å². The first kappa shape index (κ1) is 18.9. The highest BCUT2D eigenvalue weighted by Gasteiger charge is 2.25. The van der Waals surface area contributed by atoms with E-state index < -0.39 is 11.5 Å². The molecule has 1 aromatic heterocycles. The van der Waals surface area contributed by atoms with Crippen LogP contribution in [0.3, 0.4) is 0 Å². The molecule has 2 amide bonds. The summed E-state index contributed by atoms with van der Waals surface area (Å²) >= 11 is 0. The van der Waals surface area contributed by atoms with Crippen LogP contribution in [0, 0.1) is 6.92 Å². The van der Waals surface area contributed by atoms with E-state index in [0.717, 1.165) is 19.3 Å². The maximum Gasteiger partial charge on any atom is 0.349 e. The molecule has 1 heterocycles. The number of anilines is 1. The summed E-state index contributed by atoms with van der Waals surface area (Å²) in [4.78, 5) is 38.6. The Kier molecular flexibility index (Phi) is 5.44. The van der Waals surface area contributed by atoms with Crippen LogP contribution in [0.25, 0.3) is 0 Å². The predicted molar refractivity (Wildman–Crippen MR) is 103 cm³/mol. The molecule has 0 bridgehead atoms. The van der Waals surface area contributed by atoms with Gasteiger partial charge in [0.1, 0.15) is 11.3 Å². The largest absolute Gasteiger partial charge is 0.427 e. The van der Waals surface area contributed by atoms with Crippen LogP contribution in [0.4, 0.5) is 5.69 Å². The monoisotopic (exact) mass is 368 g/mol. The van der Waals surface area contributed by atoms with Gasteiger partial charge >= 0.3 is 5.63 Å². The fourth-order valence-corrected chi connectivity index (χ4v) is 3.10. The quantitative estimate of drug-likeness (QED) is 0.879. The van der Waals surface area contributed by atoms with Crippen LogP contribution in [0.15, 0.2) is 39.5 Å². The first-order chi connectivity index (χ1) is 12.9. The average molecular weight is 368 g/mol. The van der Waals surface area contributed by atoms with E-state index in [4.69, 9.17) is 4.42 Å². The van der Waals surface area contributed by atoms with E-state index in [1.54, 1.807) is 51.4 Å². The summed E-state index contributed by atoms with van der Waals surface area (Å²) in [6, 6.07) is 8.87. The third kappa shape index (κ3) is 4.10. The molecule has 142 valence electrons. The Morgan fingerprint density at radius 3 is 2.52 bits per heavy atom. The molecule has 3 rings (SSSR count). The number of rotatable bonds is 5. The maximum absolute atomic E-state index is 12.7. The fraction of sp³-hybridized carbons (Fsp3) is 0.381. The van der Waals surface area contributed by atoms with Crippen molar-refractivity contribution in [2.75, 3.05) is 19.4 Å². The minimum atomic E-state index is -0.615. The second-order valence-electron chi connectivity index (χ2n) is 7.20. The number of carbonyl (C=O) groups excluding carboxylic acids is 2. The summed E-state index contributed by atoms with van der Waals surface area (Å²) in [7, 11) is 3.36. The predicted octanol–water partition coefficient (Wildman–Crippen LogP) is 3.10. The number of nitrogens with zero attached hydrogens (tertiary/aromatic N) is 1. The van der Waals surface area contributed by atoms with Gasteiger partial charge in [-0.1, -0.05) is 24.6 Å². The lowest BCUT2D eigenvalue weighted by molar-refractivity contribution is -0.127. The van der Waals surface area contributed by atoms with Crippen molar-refractivity contribution in [3.05, 3.63) is 63.2 Å². The number of benzene rings is 1.